The summed E-state index contributed by atoms with van der Waals surface area (Å²) < 4.78 is 1.87. The first-order valence-electron chi connectivity index (χ1n) is 7.64. The van der Waals surface area contributed by atoms with Gasteiger partial charge in [0.25, 0.3) is 5.91 Å². The maximum Gasteiger partial charge on any atom is 0.255 e. The van der Waals surface area contributed by atoms with E-state index < -0.39 is 0 Å². The van der Waals surface area contributed by atoms with Crippen LogP contribution in [0.3, 0.4) is 0 Å². The molecule has 1 amide bonds. The lowest BCUT2D eigenvalue weighted by Gasteiger charge is -2.06. The predicted molar refractivity (Wildman–Crippen MR) is 88.2 cm³/mol. The molecular weight excluding hydrogens is 290 g/mol. The molecule has 0 saturated carbocycles. The number of hydrogen-bond donors (Lipinski definition) is 2. The van der Waals surface area contributed by atoms with Crippen molar-refractivity contribution in [2.24, 2.45) is 5.73 Å². The number of aromatic nitrogens is 3. The third-order valence-corrected chi connectivity index (χ3v) is 3.62. The number of nitrogens with zero attached hydrogens (tertiary/aromatic N) is 3. The van der Waals surface area contributed by atoms with Gasteiger partial charge in [-0.15, -0.1) is 10.2 Å². The van der Waals surface area contributed by atoms with E-state index in [9.17, 15) is 4.79 Å². The lowest BCUT2D eigenvalue weighted by atomic mass is 10.1. The van der Waals surface area contributed by atoms with Crippen molar-refractivity contribution in [3.63, 3.8) is 0 Å². The number of pyridine rings is 1. The van der Waals surface area contributed by atoms with Gasteiger partial charge < -0.3 is 11.1 Å². The third-order valence-electron chi connectivity index (χ3n) is 3.62. The summed E-state index contributed by atoms with van der Waals surface area (Å²) in [7, 11) is 0. The lowest BCUT2D eigenvalue weighted by Crippen LogP contribution is -2.26. The lowest BCUT2D eigenvalue weighted by molar-refractivity contribution is 0.0954. The van der Waals surface area contributed by atoms with E-state index in [4.69, 9.17) is 5.73 Å². The molecule has 23 heavy (non-hydrogen) atoms. The number of benzene rings is 1. The summed E-state index contributed by atoms with van der Waals surface area (Å²) in [6.45, 7) is 1.11. The smallest absolute Gasteiger partial charge is 0.255 e. The fraction of sp³-hybridized carbons (Fsp3) is 0.235. The average Bonchev–Trinajstić information content (AvgIpc) is 2.99. The Bertz CT molecular complexity index is 797. The predicted octanol–water partition coefficient (Wildman–Crippen LogP) is 1.40. The van der Waals surface area contributed by atoms with E-state index in [0.29, 0.717) is 30.7 Å². The number of nitrogens with two attached hydrogens (primary N) is 1. The Morgan fingerprint density at radius 1 is 1.13 bits per heavy atom. The first-order chi connectivity index (χ1) is 11.3. The minimum absolute atomic E-state index is 0.150. The Hall–Kier alpha value is -2.73. The maximum absolute atomic E-state index is 12.3. The van der Waals surface area contributed by atoms with Gasteiger partial charge in [-0.3, -0.25) is 9.20 Å². The summed E-state index contributed by atoms with van der Waals surface area (Å²) >= 11 is 0. The van der Waals surface area contributed by atoms with Crippen molar-refractivity contribution in [3.05, 3.63) is 65.6 Å². The monoisotopic (exact) mass is 309 g/mol. The molecule has 118 valence electrons. The molecule has 0 radical (unpaired) electrons. The van der Waals surface area contributed by atoms with Crippen molar-refractivity contribution in [2.75, 3.05) is 13.1 Å². The first-order valence-corrected chi connectivity index (χ1v) is 7.64. The minimum atomic E-state index is -0.150. The molecule has 0 atom stereocenters. The fourth-order valence-electron chi connectivity index (χ4n) is 2.44. The highest BCUT2D eigenvalue weighted by molar-refractivity contribution is 5.99. The van der Waals surface area contributed by atoms with Gasteiger partial charge in [-0.25, -0.2) is 0 Å². The van der Waals surface area contributed by atoms with Crippen LogP contribution >= 0.6 is 0 Å². The molecular formula is C17H19N5O. The highest BCUT2D eigenvalue weighted by atomic mass is 16.1. The molecule has 3 aromatic rings. The van der Waals surface area contributed by atoms with Gasteiger partial charge in [0, 0.05) is 19.2 Å². The number of nitrogens with one attached hydrogen (secondary N) is 1. The van der Waals surface area contributed by atoms with E-state index in [1.54, 1.807) is 6.07 Å². The van der Waals surface area contributed by atoms with Gasteiger partial charge in [0.1, 0.15) is 5.82 Å². The summed E-state index contributed by atoms with van der Waals surface area (Å²) in [4.78, 5) is 12.3. The molecule has 0 bridgehead atoms. The Balaban J connectivity index is 1.87. The van der Waals surface area contributed by atoms with E-state index in [-0.39, 0.29) is 5.91 Å². The SMILES string of the molecule is NCCCNC(=O)c1cccn2c(Cc3ccccc3)nnc12. The molecule has 3 N–H and O–H groups in total. The number of fused-ring (bicyclic) bond motifs is 1. The second kappa shape index (κ2) is 7.02. The van der Waals surface area contributed by atoms with Crippen molar-refractivity contribution in [3.8, 4) is 0 Å². The van der Waals surface area contributed by atoms with Crippen LogP contribution in [0.2, 0.25) is 0 Å². The van der Waals surface area contributed by atoms with Gasteiger partial charge in [0.05, 0.1) is 5.56 Å². The molecule has 0 saturated heterocycles. The van der Waals surface area contributed by atoms with Crippen LogP contribution in [0.1, 0.15) is 28.2 Å². The van der Waals surface area contributed by atoms with Crippen LogP contribution in [0.25, 0.3) is 5.65 Å². The van der Waals surface area contributed by atoms with Crippen molar-refractivity contribution >= 4 is 11.6 Å². The number of amides is 1. The van der Waals surface area contributed by atoms with Crippen LogP contribution in [-0.2, 0) is 6.42 Å². The maximum atomic E-state index is 12.3. The first kappa shape index (κ1) is 15.2. The van der Waals surface area contributed by atoms with Crippen molar-refractivity contribution < 1.29 is 4.79 Å². The molecule has 0 aliphatic heterocycles. The van der Waals surface area contributed by atoms with Gasteiger partial charge in [-0.1, -0.05) is 30.3 Å². The average molecular weight is 309 g/mol. The summed E-state index contributed by atoms with van der Waals surface area (Å²) in [6.07, 6.45) is 3.30. The van der Waals surface area contributed by atoms with E-state index in [1.807, 2.05) is 47.0 Å². The third kappa shape index (κ3) is 3.37. The van der Waals surface area contributed by atoms with Crippen LogP contribution < -0.4 is 11.1 Å². The topological polar surface area (TPSA) is 85.3 Å². The number of carbonyl (C=O) groups is 1. The quantitative estimate of drug-likeness (QED) is 0.674. The highest BCUT2D eigenvalue weighted by Gasteiger charge is 2.14. The summed E-state index contributed by atoms with van der Waals surface area (Å²) in [5.74, 6) is 0.658. The van der Waals surface area contributed by atoms with Crippen LogP contribution in [0.5, 0.6) is 0 Å². The zero-order valence-electron chi connectivity index (χ0n) is 12.8. The number of hydrogen-bond acceptors (Lipinski definition) is 4. The molecule has 6 heteroatoms. The van der Waals surface area contributed by atoms with E-state index in [2.05, 4.69) is 15.5 Å². The van der Waals surface area contributed by atoms with Crippen molar-refractivity contribution in [1.82, 2.24) is 19.9 Å². The van der Waals surface area contributed by atoms with Gasteiger partial charge in [0.15, 0.2) is 5.65 Å². The standard InChI is InChI=1S/C17H19N5O/c18-9-5-10-19-17(23)14-8-4-11-22-15(20-21-16(14)22)12-13-6-2-1-3-7-13/h1-4,6-8,11H,5,9-10,12,18H2,(H,19,23). The normalized spacial score (nSPS) is 10.8. The van der Waals surface area contributed by atoms with E-state index >= 15 is 0 Å². The molecule has 2 heterocycles. The van der Waals surface area contributed by atoms with E-state index in [1.165, 1.54) is 0 Å². The van der Waals surface area contributed by atoms with Crippen molar-refractivity contribution in [1.29, 1.82) is 0 Å². The summed E-state index contributed by atoms with van der Waals surface area (Å²) in [5, 5.41) is 11.3. The Kier molecular flexibility index (Phi) is 4.63. The van der Waals surface area contributed by atoms with E-state index in [0.717, 1.165) is 17.8 Å². The molecule has 0 aliphatic rings. The molecule has 6 nitrogen and oxygen atoms in total. The van der Waals surface area contributed by atoms with Crippen LogP contribution in [0.4, 0.5) is 0 Å². The summed E-state index contributed by atoms with van der Waals surface area (Å²) in [6, 6.07) is 13.7. The zero-order valence-corrected chi connectivity index (χ0v) is 12.8. The van der Waals surface area contributed by atoms with Crippen LogP contribution in [-0.4, -0.2) is 33.6 Å². The molecule has 0 fully saturated rings. The van der Waals surface area contributed by atoms with Crippen molar-refractivity contribution in [2.45, 2.75) is 12.8 Å². The second-order valence-corrected chi connectivity index (χ2v) is 5.29. The molecule has 0 unspecified atom stereocenters. The molecule has 0 spiro atoms. The second-order valence-electron chi connectivity index (χ2n) is 5.29. The fourth-order valence-corrected chi connectivity index (χ4v) is 2.44. The minimum Gasteiger partial charge on any atom is -0.352 e. The number of carbonyl (C=O) groups excluding carboxylic acids is 1. The summed E-state index contributed by atoms with van der Waals surface area (Å²) in [5.41, 5.74) is 7.69. The Morgan fingerprint density at radius 2 is 1.96 bits per heavy atom. The molecule has 1 aromatic carbocycles. The van der Waals surface area contributed by atoms with Gasteiger partial charge in [0.2, 0.25) is 0 Å². The molecule has 0 aliphatic carbocycles. The zero-order chi connectivity index (χ0) is 16.1. The number of rotatable bonds is 6. The largest absolute Gasteiger partial charge is 0.352 e. The molecule has 2 aromatic heterocycles. The Labute approximate surface area is 134 Å². The van der Waals surface area contributed by atoms with Gasteiger partial charge in [-0.2, -0.15) is 0 Å². The van der Waals surface area contributed by atoms with Crippen LogP contribution in [0.15, 0.2) is 48.7 Å². The highest BCUT2D eigenvalue weighted by Crippen LogP contribution is 2.13. The van der Waals surface area contributed by atoms with Gasteiger partial charge in [-0.05, 0) is 30.7 Å². The Morgan fingerprint density at radius 3 is 2.74 bits per heavy atom. The molecule has 3 rings (SSSR count). The van der Waals surface area contributed by atoms with Crippen LogP contribution in [0, 0.1) is 0 Å². The van der Waals surface area contributed by atoms with Gasteiger partial charge >= 0.3 is 0 Å².